The SMILES string of the molecule is O=C(NC1CC1)C1CCCN(C(=O)c2cccs2)C1. The van der Waals surface area contributed by atoms with Gasteiger partial charge >= 0.3 is 0 Å². The van der Waals surface area contributed by atoms with Gasteiger partial charge in [0.2, 0.25) is 5.91 Å². The van der Waals surface area contributed by atoms with Crippen LogP contribution in [0.2, 0.25) is 0 Å². The van der Waals surface area contributed by atoms with Gasteiger partial charge in [-0.2, -0.15) is 0 Å². The summed E-state index contributed by atoms with van der Waals surface area (Å²) in [5.74, 6) is 0.170. The standard InChI is InChI=1S/C14H18N2O2S/c17-13(15-11-5-6-11)10-3-1-7-16(9-10)14(18)12-4-2-8-19-12/h2,4,8,10-11H,1,3,5-7,9H2,(H,15,17). The number of carbonyl (C=O) groups excluding carboxylic acids is 2. The summed E-state index contributed by atoms with van der Waals surface area (Å²) in [6, 6.07) is 4.14. The van der Waals surface area contributed by atoms with Crippen LogP contribution in [0.1, 0.15) is 35.4 Å². The number of thiophene rings is 1. The van der Waals surface area contributed by atoms with Gasteiger partial charge in [0.1, 0.15) is 0 Å². The molecule has 2 aliphatic rings. The first-order chi connectivity index (χ1) is 9.24. The van der Waals surface area contributed by atoms with E-state index in [2.05, 4.69) is 5.32 Å². The van der Waals surface area contributed by atoms with E-state index >= 15 is 0 Å². The molecule has 1 unspecified atom stereocenters. The maximum absolute atomic E-state index is 12.3. The third-order valence-corrected chi connectivity index (χ3v) is 4.59. The molecule has 1 aromatic heterocycles. The van der Waals surface area contributed by atoms with Crippen molar-refractivity contribution in [1.82, 2.24) is 10.2 Å². The first-order valence-electron chi connectivity index (χ1n) is 6.87. The van der Waals surface area contributed by atoms with E-state index in [0.717, 1.165) is 37.1 Å². The molecule has 1 saturated heterocycles. The van der Waals surface area contributed by atoms with Gasteiger partial charge in [0.25, 0.3) is 5.91 Å². The van der Waals surface area contributed by atoms with Gasteiger partial charge in [-0.05, 0) is 37.1 Å². The van der Waals surface area contributed by atoms with Gasteiger partial charge in [-0.3, -0.25) is 9.59 Å². The lowest BCUT2D eigenvalue weighted by Gasteiger charge is -2.31. The molecule has 1 N–H and O–H groups in total. The van der Waals surface area contributed by atoms with E-state index in [0.29, 0.717) is 12.6 Å². The molecular weight excluding hydrogens is 260 g/mol. The van der Waals surface area contributed by atoms with Crippen LogP contribution < -0.4 is 5.32 Å². The van der Waals surface area contributed by atoms with Crippen LogP contribution in [0.5, 0.6) is 0 Å². The molecule has 1 atom stereocenters. The van der Waals surface area contributed by atoms with Gasteiger partial charge in [0.15, 0.2) is 0 Å². The topological polar surface area (TPSA) is 49.4 Å². The van der Waals surface area contributed by atoms with Crippen molar-refractivity contribution in [2.24, 2.45) is 5.92 Å². The van der Waals surface area contributed by atoms with Crippen LogP contribution in [0.15, 0.2) is 17.5 Å². The lowest BCUT2D eigenvalue weighted by atomic mass is 9.97. The third kappa shape index (κ3) is 2.97. The molecule has 2 heterocycles. The number of hydrogen-bond donors (Lipinski definition) is 1. The Bertz CT molecular complexity index is 468. The molecular formula is C14H18N2O2S. The highest BCUT2D eigenvalue weighted by atomic mass is 32.1. The Morgan fingerprint density at radius 3 is 2.84 bits per heavy atom. The number of nitrogens with zero attached hydrogens (tertiary/aromatic N) is 1. The van der Waals surface area contributed by atoms with Crippen LogP contribution in [0, 0.1) is 5.92 Å². The minimum atomic E-state index is -0.0294. The highest BCUT2D eigenvalue weighted by molar-refractivity contribution is 7.12. The molecule has 0 aromatic carbocycles. The first-order valence-corrected chi connectivity index (χ1v) is 7.75. The molecule has 1 aliphatic carbocycles. The van der Waals surface area contributed by atoms with Crippen molar-refractivity contribution >= 4 is 23.2 Å². The molecule has 0 radical (unpaired) electrons. The molecule has 2 amide bonds. The van der Waals surface area contributed by atoms with Crippen molar-refractivity contribution in [3.63, 3.8) is 0 Å². The highest BCUT2D eigenvalue weighted by Gasteiger charge is 2.32. The summed E-state index contributed by atoms with van der Waals surface area (Å²) in [7, 11) is 0. The second-order valence-electron chi connectivity index (χ2n) is 5.35. The van der Waals surface area contributed by atoms with Crippen molar-refractivity contribution < 1.29 is 9.59 Å². The van der Waals surface area contributed by atoms with Crippen molar-refractivity contribution in [2.45, 2.75) is 31.7 Å². The molecule has 102 valence electrons. The number of amides is 2. The quantitative estimate of drug-likeness (QED) is 0.917. The van der Waals surface area contributed by atoms with Gasteiger partial charge in [0.05, 0.1) is 10.8 Å². The Hall–Kier alpha value is -1.36. The van der Waals surface area contributed by atoms with Gasteiger partial charge in [-0.1, -0.05) is 6.07 Å². The molecule has 19 heavy (non-hydrogen) atoms. The summed E-state index contributed by atoms with van der Waals surface area (Å²) in [6.07, 6.45) is 4.03. The van der Waals surface area contributed by atoms with Crippen LogP contribution in [0.25, 0.3) is 0 Å². The molecule has 2 fully saturated rings. The van der Waals surface area contributed by atoms with Crippen LogP contribution in [-0.2, 0) is 4.79 Å². The van der Waals surface area contributed by atoms with Crippen molar-refractivity contribution in [1.29, 1.82) is 0 Å². The van der Waals surface area contributed by atoms with Gasteiger partial charge in [-0.25, -0.2) is 0 Å². The van der Waals surface area contributed by atoms with E-state index in [1.54, 1.807) is 0 Å². The Balaban J connectivity index is 1.60. The summed E-state index contributed by atoms with van der Waals surface area (Å²) in [5, 5.41) is 4.95. The molecule has 5 heteroatoms. The fraction of sp³-hybridized carbons (Fsp3) is 0.571. The van der Waals surface area contributed by atoms with E-state index in [-0.39, 0.29) is 17.7 Å². The normalized spacial score (nSPS) is 23.2. The Labute approximate surface area is 116 Å². The average Bonchev–Trinajstić information content (AvgIpc) is 3.08. The summed E-state index contributed by atoms with van der Waals surface area (Å²) in [4.78, 5) is 26.9. The summed E-state index contributed by atoms with van der Waals surface area (Å²) >= 11 is 1.46. The second kappa shape index (κ2) is 5.33. The molecule has 1 aliphatic heterocycles. The van der Waals surface area contributed by atoms with Crippen molar-refractivity contribution in [3.8, 4) is 0 Å². The van der Waals surface area contributed by atoms with Crippen LogP contribution in [0.3, 0.4) is 0 Å². The number of piperidine rings is 1. The zero-order chi connectivity index (χ0) is 13.2. The fourth-order valence-electron chi connectivity index (χ4n) is 2.48. The van der Waals surface area contributed by atoms with Gasteiger partial charge < -0.3 is 10.2 Å². The Morgan fingerprint density at radius 2 is 2.16 bits per heavy atom. The Kier molecular flexibility index (Phi) is 3.55. The molecule has 0 spiro atoms. The van der Waals surface area contributed by atoms with Crippen LogP contribution in [0.4, 0.5) is 0 Å². The number of nitrogens with one attached hydrogen (secondary N) is 1. The minimum Gasteiger partial charge on any atom is -0.353 e. The Morgan fingerprint density at radius 1 is 1.32 bits per heavy atom. The van der Waals surface area contributed by atoms with E-state index in [4.69, 9.17) is 0 Å². The second-order valence-corrected chi connectivity index (χ2v) is 6.30. The monoisotopic (exact) mass is 278 g/mol. The molecule has 0 bridgehead atoms. The van der Waals surface area contributed by atoms with Gasteiger partial charge in [-0.15, -0.1) is 11.3 Å². The van der Waals surface area contributed by atoms with E-state index in [1.165, 1.54) is 11.3 Å². The first kappa shape index (κ1) is 12.7. The third-order valence-electron chi connectivity index (χ3n) is 3.74. The summed E-state index contributed by atoms with van der Waals surface area (Å²) < 4.78 is 0. The minimum absolute atomic E-state index is 0.0294. The lowest BCUT2D eigenvalue weighted by molar-refractivity contribution is -0.126. The van der Waals surface area contributed by atoms with Crippen molar-refractivity contribution in [2.75, 3.05) is 13.1 Å². The van der Waals surface area contributed by atoms with Crippen molar-refractivity contribution in [3.05, 3.63) is 22.4 Å². The maximum Gasteiger partial charge on any atom is 0.263 e. The molecule has 1 aromatic rings. The molecule has 4 nitrogen and oxygen atoms in total. The lowest BCUT2D eigenvalue weighted by Crippen LogP contribution is -2.45. The van der Waals surface area contributed by atoms with Crippen LogP contribution in [-0.4, -0.2) is 35.8 Å². The zero-order valence-electron chi connectivity index (χ0n) is 10.8. The van der Waals surface area contributed by atoms with E-state index in [9.17, 15) is 9.59 Å². The molecule has 1 saturated carbocycles. The number of rotatable bonds is 3. The van der Waals surface area contributed by atoms with E-state index in [1.807, 2.05) is 22.4 Å². The fourth-order valence-corrected chi connectivity index (χ4v) is 3.17. The number of likely N-dealkylation sites (tertiary alicyclic amines) is 1. The van der Waals surface area contributed by atoms with E-state index < -0.39 is 0 Å². The summed E-state index contributed by atoms with van der Waals surface area (Å²) in [5.41, 5.74) is 0. The summed E-state index contributed by atoms with van der Waals surface area (Å²) in [6.45, 7) is 1.33. The average molecular weight is 278 g/mol. The predicted molar refractivity (Wildman–Crippen MR) is 74.1 cm³/mol. The maximum atomic E-state index is 12.3. The predicted octanol–water partition coefficient (Wildman–Crippen LogP) is 1.88. The highest BCUT2D eigenvalue weighted by Crippen LogP contribution is 2.23. The van der Waals surface area contributed by atoms with Crippen LogP contribution >= 0.6 is 11.3 Å². The smallest absolute Gasteiger partial charge is 0.263 e. The van der Waals surface area contributed by atoms with Gasteiger partial charge in [0, 0.05) is 19.1 Å². The zero-order valence-corrected chi connectivity index (χ0v) is 11.6. The largest absolute Gasteiger partial charge is 0.353 e. The number of hydrogen-bond acceptors (Lipinski definition) is 3. The molecule has 3 rings (SSSR count). The number of carbonyl (C=O) groups is 2.